The Hall–Kier alpha value is -5.06. The minimum atomic E-state index is -0.0125. The van der Waals surface area contributed by atoms with E-state index in [4.69, 9.17) is 14.7 Å². The van der Waals surface area contributed by atoms with Crippen molar-refractivity contribution in [3.8, 4) is 28.8 Å². The summed E-state index contributed by atoms with van der Waals surface area (Å²) in [4.78, 5) is 9.50. The maximum Gasteiger partial charge on any atom is 0.269 e. The van der Waals surface area contributed by atoms with Gasteiger partial charge in [-0.2, -0.15) is 18.2 Å². The van der Waals surface area contributed by atoms with Gasteiger partial charge >= 0.3 is 0 Å². The van der Waals surface area contributed by atoms with Gasteiger partial charge in [-0.1, -0.05) is 113 Å². The van der Waals surface area contributed by atoms with E-state index in [2.05, 4.69) is 148 Å². The topological polar surface area (TPSA) is 48.8 Å². The average Bonchev–Trinajstić information content (AvgIpc) is 3.64. The zero-order valence-corrected chi connectivity index (χ0v) is 31.9. The third-order valence-electron chi connectivity index (χ3n) is 8.95. The van der Waals surface area contributed by atoms with E-state index in [9.17, 15) is 0 Å². The predicted molar refractivity (Wildman–Crippen MR) is 200 cm³/mol. The van der Waals surface area contributed by atoms with Crippen LogP contribution in [0, 0.1) is 23.9 Å². The van der Waals surface area contributed by atoms with Crippen LogP contribution in [0.3, 0.4) is 0 Å². The zero-order valence-electron chi connectivity index (χ0n) is 29.6. The molecule has 6 nitrogen and oxygen atoms in total. The van der Waals surface area contributed by atoms with E-state index in [1.165, 1.54) is 11.1 Å². The Labute approximate surface area is 313 Å². The molecule has 0 bridgehead atoms. The Morgan fingerprint density at radius 2 is 1.45 bits per heavy atom. The number of ether oxygens (including phenoxy) is 1. The fourth-order valence-electron chi connectivity index (χ4n) is 6.66. The first kappa shape index (κ1) is 34.4. The first-order chi connectivity index (χ1) is 24.0. The molecule has 0 radical (unpaired) electrons. The van der Waals surface area contributed by atoms with Crippen LogP contribution in [0.15, 0.2) is 116 Å². The van der Waals surface area contributed by atoms with E-state index in [0.717, 1.165) is 50.8 Å². The number of pyridine rings is 2. The molecule has 0 unspecified atom stereocenters. The van der Waals surface area contributed by atoms with Gasteiger partial charge in [0.1, 0.15) is 5.82 Å². The summed E-state index contributed by atoms with van der Waals surface area (Å²) in [6, 6.07) is 42.4. The number of rotatable bonds is 6. The molecule has 4 heterocycles. The predicted octanol–water partition coefficient (Wildman–Crippen LogP) is 9.87. The van der Waals surface area contributed by atoms with Gasteiger partial charge in [0, 0.05) is 38.5 Å². The van der Waals surface area contributed by atoms with Crippen molar-refractivity contribution in [1.82, 2.24) is 19.1 Å². The number of benzene rings is 4. The van der Waals surface area contributed by atoms with Gasteiger partial charge < -0.3 is 9.30 Å². The molecular weight excluding hydrogens is 810 g/mol. The van der Waals surface area contributed by atoms with Crippen LogP contribution in [0.1, 0.15) is 52.7 Å². The number of hydrogen-bond donors (Lipinski definition) is 0. The Morgan fingerprint density at radius 1 is 0.706 bits per heavy atom. The minimum absolute atomic E-state index is 0. The van der Waals surface area contributed by atoms with Crippen LogP contribution in [0.4, 0.5) is 0 Å². The fourth-order valence-corrected chi connectivity index (χ4v) is 6.66. The van der Waals surface area contributed by atoms with Crippen LogP contribution in [0.5, 0.6) is 11.5 Å². The van der Waals surface area contributed by atoms with E-state index in [1.54, 1.807) is 6.20 Å². The van der Waals surface area contributed by atoms with Gasteiger partial charge in [-0.05, 0) is 64.3 Å². The van der Waals surface area contributed by atoms with E-state index in [0.29, 0.717) is 17.3 Å². The molecule has 0 saturated carbocycles. The van der Waals surface area contributed by atoms with Crippen molar-refractivity contribution >= 4 is 32.8 Å². The molecule has 0 aliphatic heterocycles. The minimum Gasteiger partial charge on any atom is -0.522 e. The third-order valence-corrected chi connectivity index (χ3v) is 8.95. The Kier molecular flexibility index (Phi) is 8.93. The molecular formula is C44H39N5OPt-2. The van der Waals surface area contributed by atoms with Crippen molar-refractivity contribution in [1.29, 1.82) is 0 Å². The van der Waals surface area contributed by atoms with Crippen molar-refractivity contribution in [2.45, 2.75) is 53.4 Å². The molecule has 7 heteroatoms. The Bertz CT molecular complexity index is 2530. The second kappa shape index (κ2) is 13.2. The van der Waals surface area contributed by atoms with Crippen molar-refractivity contribution < 1.29 is 30.4 Å². The number of fused-ring (bicyclic) bond motifs is 4. The van der Waals surface area contributed by atoms with Gasteiger partial charge in [0.2, 0.25) is 0 Å². The SMILES string of the molecule is CC(C)(C)Cc1cccc(-[n+]2[c-]n(-c3[c-]c(Oc4[c-]c5c(cc4)c4ccccc4n5-c4cc(C(C)(C)C)ccn4)ccn3)c3ccccc32)c1.[Pt]. The van der Waals surface area contributed by atoms with Crippen LogP contribution in [-0.4, -0.2) is 19.1 Å². The molecule has 51 heavy (non-hydrogen) atoms. The molecule has 0 saturated heterocycles. The molecule has 8 rings (SSSR count). The Morgan fingerprint density at radius 3 is 2.25 bits per heavy atom. The summed E-state index contributed by atoms with van der Waals surface area (Å²) in [5, 5.41) is 2.22. The maximum absolute atomic E-state index is 6.46. The molecule has 0 aliphatic carbocycles. The van der Waals surface area contributed by atoms with Crippen molar-refractivity contribution in [3.05, 3.63) is 145 Å². The van der Waals surface area contributed by atoms with Gasteiger partial charge in [0.15, 0.2) is 0 Å². The first-order valence-corrected chi connectivity index (χ1v) is 17.0. The van der Waals surface area contributed by atoms with Gasteiger partial charge in [-0.3, -0.25) is 14.1 Å². The monoisotopic (exact) mass is 848 g/mol. The molecule has 0 aliphatic rings. The van der Waals surface area contributed by atoms with Crippen LogP contribution in [0.2, 0.25) is 0 Å². The summed E-state index contributed by atoms with van der Waals surface area (Å²) in [5.41, 5.74) is 7.69. The van der Waals surface area contributed by atoms with Gasteiger partial charge in [0.05, 0.1) is 22.5 Å². The molecule has 0 atom stereocenters. The van der Waals surface area contributed by atoms with Crippen LogP contribution in [0.25, 0.3) is 50.2 Å². The number of para-hydroxylation sites is 3. The fraction of sp³-hybridized carbons (Fsp3) is 0.205. The second-order valence-electron chi connectivity index (χ2n) is 15.1. The van der Waals surface area contributed by atoms with Crippen molar-refractivity contribution in [3.63, 3.8) is 0 Å². The van der Waals surface area contributed by atoms with Crippen molar-refractivity contribution in [2.75, 3.05) is 0 Å². The number of aromatic nitrogens is 5. The molecule has 0 spiro atoms. The summed E-state index contributed by atoms with van der Waals surface area (Å²) in [6.07, 6.45) is 8.17. The number of imidazole rings is 1. The molecule has 0 fully saturated rings. The van der Waals surface area contributed by atoms with E-state index in [1.807, 2.05) is 35.0 Å². The molecule has 0 amide bonds. The molecule has 0 N–H and O–H groups in total. The van der Waals surface area contributed by atoms with Gasteiger partial charge in [-0.15, -0.1) is 17.5 Å². The summed E-state index contributed by atoms with van der Waals surface area (Å²) >= 11 is 0. The normalized spacial score (nSPS) is 12.0. The maximum atomic E-state index is 6.46. The summed E-state index contributed by atoms with van der Waals surface area (Å²) in [5.74, 6) is 2.55. The first-order valence-electron chi connectivity index (χ1n) is 17.0. The quantitative estimate of drug-likeness (QED) is 0.124. The van der Waals surface area contributed by atoms with E-state index in [-0.39, 0.29) is 31.9 Å². The van der Waals surface area contributed by atoms with E-state index < -0.39 is 0 Å². The van der Waals surface area contributed by atoms with Crippen molar-refractivity contribution in [2.24, 2.45) is 5.41 Å². The summed E-state index contributed by atoms with van der Waals surface area (Å²) < 4.78 is 12.7. The van der Waals surface area contributed by atoms with Crippen LogP contribution < -0.4 is 9.30 Å². The summed E-state index contributed by atoms with van der Waals surface area (Å²) in [6.45, 7) is 13.4. The van der Waals surface area contributed by atoms with E-state index >= 15 is 0 Å². The average molecular weight is 849 g/mol. The van der Waals surface area contributed by atoms with Gasteiger partial charge in [-0.25, -0.2) is 4.98 Å². The smallest absolute Gasteiger partial charge is 0.269 e. The zero-order chi connectivity index (χ0) is 34.6. The third kappa shape index (κ3) is 6.73. The number of hydrogen-bond acceptors (Lipinski definition) is 3. The molecule has 8 aromatic rings. The van der Waals surface area contributed by atoms with Gasteiger partial charge in [0.25, 0.3) is 6.33 Å². The second-order valence-corrected chi connectivity index (χ2v) is 15.1. The molecule has 258 valence electrons. The Balaban J connectivity index is 0.00000406. The number of nitrogens with zero attached hydrogens (tertiary/aromatic N) is 5. The molecule has 4 aromatic carbocycles. The van der Waals surface area contributed by atoms with Crippen LogP contribution >= 0.6 is 0 Å². The standard InChI is InChI=1S/C44H39N5O.Pt/c1-43(2,3)28-30-12-11-13-32(24-30)47-29-48(39-17-10-9-16-38(39)47)41-27-34(21-23-45-41)50-33-18-19-36-35-14-7-8-15-37(35)49(40(36)26-33)42-25-31(20-22-46-42)44(4,5)6;/h7-25H,28H2,1-6H3;/q-2;. The largest absolute Gasteiger partial charge is 0.522 e. The van der Waals surface area contributed by atoms with Crippen LogP contribution in [-0.2, 0) is 32.9 Å². The molecule has 4 aromatic heterocycles. The summed E-state index contributed by atoms with van der Waals surface area (Å²) in [7, 11) is 0.